The Balaban J connectivity index is 2.61. The van der Waals surface area contributed by atoms with E-state index in [2.05, 4.69) is 0 Å². The maximum Gasteiger partial charge on any atom is 0.336 e. The molecule has 0 atom stereocenters. The SMILES string of the molecule is CCc1cc(=O)oc2cc(OC(C)=O)ccc12. The summed E-state index contributed by atoms with van der Waals surface area (Å²) in [6.45, 7) is 3.29. The average Bonchev–Trinajstić information content (AvgIpc) is 2.26. The van der Waals surface area contributed by atoms with Gasteiger partial charge in [0.1, 0.15) is 11.3 Å². The predicted molar refractivity (Wildman–Crippen MR) is 63.2 cm³/mol. The van der Waals surface area contributed by atoms with Crippen molar-refractivity contribution >= 4 is 16.9 Å². The van der Waals surface area contributed by atoms with Crippen molar-refractivity contribution in [1.82, 2.24) is 0 Å². The highest BCUT2D eigenvalue weighted by molar-refractivity contribution is 5.82. The molecule has 0 unspecified atom stereocenters. The van der Waals surface area contributed by atoms with Gasteiger partial charge < -0.3 is 9.15 Å². The van der Waals surface area contributed by atoms with Gasteiger partial charge in [0.2, 0.25) is 0 Å². The van der Waals surface area contributed by atoms with E-state index in [-0.39, 0.29) is 0 Å². The van der Waals surface area contributed by atoms with Crippen LogP contribution in [0.2, 0.25) is 0 Å². The first kappa shape index (κ1) is 11.4. The zero-order valence-electron chi connectivity index (χ0n) is 9.65. The van der Waals surface area contributed by atoms with Gasteiger partial charge in [-0.25, -0.2) is 4.79 Å². The van der Waals surface area contributed by atoms with Crippen LogP contribution in [-0.2, 0) is 11.2 Å². The van der Waals surface area contributed by atoms with E-state index in [1.807, 2.05) is 6.92 Å². The molecule has 0 aliphatic heterocycles. The molecule has 0 bridgehead atoms. The van der Waals surface area contributed by atoms with Gasteiger partial charge in [0.25, 0.3) is 0 Å². The Bertz CT molecular complexity index is 625. The first-order chi connectivity index (χ1) is 8.10. The van der Waals surface area contributed by atoms with Gasteiger partial charge in [-0.15, -0.1) is 0 Å². The molecule has 2 rings (SSSR count). The Morgan fingerprint density at radius 1 is 1.35 bits per heavy atom. The van der Waals surface area contributed by atoms with Crippen molar-refractivity contribution in [3.63, 3.8) is 0 Å². The van der Waals surface area contributed by atoms with Gasteiger partial charge in [-0.2, -0.15) is 0 Å². The fraction of sp³-hybridized carbons (Fsp3) is 0.231. The van der Waals surface area contributed by atoms with Crippen molar-refractivity contribution < 1.29 is 13.9 Å². The molecular weight excluding hydrogens is 220 g/mol. The van der Waals surface area contributed by atoms with Crippen molar-refractivity contribution in [1.29, 1.82) is 0 Å². The van der Waals surface area contributed by atoms with Crippen LogP contribution in [0.25, 0.3) is 11.0 Å². The minimum absolute atomic E-state index is 0.376. The number of fused-ring (bicyclic) bond motifs is 1. The number of aryl methyl sites for hydroxylation is 1. The average molecular weight is 232 g/mol. The van der Waals surface area contributed by atoms with Crippen LogP contribution in [0, 0.1) is 0 Å². The number of esters is 1. The van der Waals surface area contributed by atoms with Gasteiger partial charge in [-0.3, -0.25) is 4.79 Å². The fourth-order valence-electron chi connectivity index (χ4n) is 1.73. The van der Waals surface area contributed by atoms with Gasteiger partial charge >= 0.3 is 11.6 Å². The zero-order chi connectivity index (χ0) is 12.4. The number of rotatable bonds is 2. The summed E-state index contributed by atoms with van der Waals surface area (Å²) in [5.74, 6) is -0.0280. The molecule has 0 aliphatic carbocycles. The lowest BCUT2D eigenvalue weighted by atomic mass is 10.1. The molecule has 0 saturated heterocycles. The molecule has 1 heterocycles. The highest BCUT2D eigenvalue weighted by Crippen LogP contribution is 2.22. The summed E-state index contributed by atoms with van der Waals surface area (Å²) in [6, 6.07) is 6.50. The number of carbonyl (C=O) groups is 1. The van der Waals surface area contributed by atoms with Crippen molar-refractivity contribution in [2.75, 3.05) is 0 Å². The van der Waals surface area contributed by atoms with Crippen LogP contribution in [0.5, 0.6) is 5.75 Å². The molecule has 1 aromatic heterocycles. The molecule has 0 radical (unpaired) electrons. The van der Waals surface area contributed by atoms with Crippen molar-refractivity contribution in [3.8, 4) is 5.75 Å². The minimum atomic E-state index is -0.404. The maximum atomic E-state index is 11.3. The second kappa shape index (κ2) is 4.41. The predicted octanol–water partition coefficient (Wildman–Crippen LogP) is 2.28. The third-order valence-corrected chi connectivity index (χ3v) is 2.44. The Hall–Kier alpha value is -2.10. The number of ether oxygens (including phenoxy) is 1. The van der Waals surface area contributed by atoms with E-state index in [1.54, 1.807) is 18.2 Å². The van der Waals surface area contributed by atoms with E-state index >= 15 is 0 Å². The molecule has 2 aromatic rings. The second-order valence-corrected chi connectivity index (χ2v) is 3.70. The maximum absolute atomic E-state index is 11.3. The van der Waals surface area contributed by atoms with E-state index in [4.69, 9.17) is 9.15 Å². The van der Waals surface area contributed by atoms with E-state index in [1.165, 1.54) is 13.0 Å². The van der Waals surface area contributed by atoms with E-state index in [9.17, 15) is 9.59 Å². The summed E-state index contributed by atoms with van der Waals surface area (Å²) in [5.41, 5.74) is 0.966. The van der Waals surface area contributed by atoms with Crippen molar-refractivity contribution in [2.24, 2.45) is 0 Å². The molecule has 0 N–H and O–H groups in total. The third-order valence-electron chi connectivity index (χ3n) is 2.44. The standard InChI is InChI=1S/C13H12O4/c1-3-9-6-13(15)17-12-7-10(16-8(2)14)4-5-11(9)12/h4-7H,3H2,1-2H3. The fourth-order valence-corrected chi connectivity index (χ4v) is 1.73. The van der Waals surface area contributed by atoms with Crippen LogP contribution in [-0.4, -0.2) is 5.97 Å². The first-order valence-electron chi connectivity index (χ1n) is 5.35. The minimum Gasteiger partial charge on any atom is -0.427 e. The lowest BCUT2D eigenvalue weighted by molar-refractivity contribution is -0.131. The number of hydrogen-bond acceptors (Lipinski definition) is 4. The summed E-state index contributed by atoms with van der Waals surface area (Å²) in [6.07, 6.45) is 0.745. The zero-order valence-corrected chi connectivity index (χ0v) is 9.65. The summed E-state index contributed by atoms with van der Waals surface area (Å²) < 4.78 is 10.0. The van der Waals surface area contributed by atoms with Crippen LogP contribution in [0.3, 0.4) is 0 Å². The number of hydrogen-bond donors (Lipinski definition) is 0. The molecule has 1 aromatic carbocycles. The topological polar surface area (TPSA) is 56.5 Å². The Morgan fingerprint density at radius 3 is 2.76 bits per heavy atom. The third kappa shape index (κ3) is 2.36. The summed E-state index contributed by atoms with van der Waals surface area (Å²) >= 11 is 0. The number of benzene rings is 1. The first-order valence-corrected chi connectivity index (χ1v) is 5.35. The summed E-state index contributed by atoms with van der Waals surface area (Å²) in [5, 5.41) is 0.864. The summed E-state index contributed by atoms with van der Waals surface area (Å²) in [4.78, 5) is 22.1. The van der Waals surface area contributed by atoms with E-state index in [0.29, 0.717) is 11.3 Å². The Morgan fingerprint density at radius 2 is 2.12 bits per heavy atom. The molecular formula is C13H12O4. The largest absolute Gasteiger partial charge is 0.427 e. The quantitative estimate of drug-likeness (QED) is 0.453. The van der Waals surface area contributed by atoms with Gasteiger partial charge in [0, 0.05) is 24.4 Å². The smallest absolute Gasteiger partial charge is 0.336 e. The lowest BCUT2D eigenvalue weighted by Crippen LogP contribution is -2.03. The Labute approximate surface area is 97.8 Å². The van der Waals surface area contributed by atoms with Gasteiger partial charge in [-0.05, 0) is 24.1 Å². The van der Waals surface area contributed by atoms with E-state index < -0.39 is 11.6 Å². The molecule has 88 valence electrons. The molecule has 4 heteroatoms. The molecule has 0 aliphatic rings. The molecule has 0 amide bonds. The van der Waals surface area contributed by atoms with Crippen molar-refractivity contribution in [2.45, 2.75) is 20.3 Å². The van der Waals surface area contributed by atoms with Crippen molar-refractivity contribution in [3.05, 3.63) is 40.2 Å². The molecule has 0 fully saturated rings. The Kier molecular flexibility index (Phi) is 2.95. The molecule has 0 spiro atoms. The van der Waals surface area contributed by atoms with Crippen LogP contribution >= 0.6 is 0 Å². The second-order valence-electron chi connectivity index (χ2n) is 3.70. The van der Waals surface area contributed by atoms with Gasteiger partial charge in [0.05, 0.1) is 0 Å². The molecule has 0 saturated carbocycles. The van der Waals surface area contributed by atoms with Crippen LogP contribution < -0.4 is 10.4 Å². The molecule has 4 nitrogen and oxygen atoms in total. The summed E-state index contributed by atoms with van der Waals surface area (Å²) in [7, 11) is 0. The number of carbonyl (C=O) groups excluding carboxylic acids is 1. The van der Waals surface area contributed by atoms with Gasteiger partial charge in [0.15, 0.2) is 0 Å². The van der Waals surface area contributed by atoms with Gasteiger partial charge in [-0.1, -0.05) is 6.92 Å². The highest BCUT2D eigenvalue weighted by Gasteiger charge is 2.06. The van der Waals surface area contributed by atoms with Crippen LogP contribution in [0.1, 0.15) is 19.4 Å². The van der Waals surface area contributed by atoms with Crippen LogP contribution in [0.15, 0.2) is 33.5 Å². The lowest BCUT2D eigenvalue weighted by Gasteiger charge is -2.05. The highest BCUT2D eigenvalue weighted by atomic mass is 16.5. The van der Waals surface area contributed by atoms with Crippen LogP contribution in [0.4, 0.5) is 0 Å². The monoisotopic (exact) mass is 232 g/mol. The normalized spacial score (nSPS) is 10.5. The molecule has 17 heavy (non-hydrogen) atoms. The van der Waals surface area contributed by atoms with E-state index in [0.717, 1.165) is 17.4 Å².